The predicted octanol–water partition coefficient (Wildman–Crippen LogP) is -1.08. The summed E-state index contributed by atoms with van der Waals surface area (Å²) in [6, 6.07) is 2.11. The quantitative estimate of drug-likeness (QED) is 0.173. The third kappa shape index (κ3) is 53.6. The number of nitriles is 1. The van der Waals surface area contributed by atoms with Gasteiger partial charge in [-0.1, -0.05) is 25.7 Å². The number of unbranched alkanes of at least 4 members (excludes halogenated alkanes) is 7. The van der Waals surface area contributed by atoms with Crippen molar-refractivity contribution in [3.63, 3.8) is 0 Å². The van der Waals surface area contributed by atoms with E-state index >= 15 is 0 Å². The molecule has 0 unspecified atom stereocenters. The van der Waals surface area contributed by atoms with Crippen molar-refractivity contribution in [1.82, 2.24) is 0 Å². The predicted molar refractivity (Wildman–Crippen MR) is 68.6 cm³/mol. The Balaban J connectivity index is -0.0000000369. The molecule has 0 aliphatic carbocycles. The second-order valence-electron chi connectivity index (χ2n) is 3.43. The molecule has 0 saturated carbocycles. The zero-order valence-electron chi connectivity index (χ0n) is 12.0. The van der Waals surface area contributed by atoms with Gasteiger partial charge < -0.3 is 47.8 Å². The maximum Gasteiger partial charge on any atom is 2.00 e. The van der Waals surface area contributed by atoms with E-state index in [1.165, 1.54) is 19.3 Å². The molecule has 0 atom stereocenters. The van der Waals surface area contributed by atoms with Gasteiger partial charge in [-0.3, -0.25) is 0 Å². The van der Waals surface area contributed by atoms with E-state index in [2.05, 4.69) is 19.9 Å². The molecule has 0 aromatic heterocycles. The number of hydrogen-bond acceptors (Lipinski definition) is 1. The molecule has 0 radical (unpaired) electrons. The average Bonchev–Trinajstić information content (AvgIpc) is 2.26. The van der Waals surface area contributed by atoms with Crippen LogP contribution >= 0.6 is 11.6 Å². The first-order chi connectivity index (χ1) is 7.33. The largest absolute Gasteiger partial charge is 2.00 e. The van der Waals surface area contributed by atoms with Gasteiger partial charge in [-0.15, -0.1) is 11.6 Å². The molecule has 0 spiro atoms. The zero-order chi connectivity index (χ0) is 11.8. The summed E-state index contributed by atoms with van der Waals surface area (Å²) in [7, 11) is 0. The Kier molecular flexibility index (Phi) is 83.9. The van der Waals surface area contributed by atoms with Crippen LogP contribution in [0.3, 0.4) is 0 Å². The molecular formula is C13H24Br2ClNZn2. The molecule has 0 N–H and O–H groups in total. The fourth-order valence-corrected chi connectivity index (χ4v) is 1.19. The Morgan fingerprint density at radius 2 is 1.21 bits per heavy atom. The molecule has 6 heteroatoms. The van der Waals surface area contributed by atoms with Gasteiger partial charge in [0.05, 0.1) is 6.07 Å². The van der Waals surface area contributed by atoms with E-state index in [1.807, 2.05) is 0 Å². The standard InChI is InChI=1S/C7H12N.C6H12Cl.2BrH.2Zn/c1-2-3-4-5-6-7-8;1-2-3-4-5-6-7;;;;/h1-6H2;1-6H2;2*1H;;/q2*-1;;;2*+2/p-2. The summed E-state index contributed by atoms with van der Waals surface area (Å²) in [5.74, 6) is 0.806. The molecular weight excluding hydrogens is 496 g/mol. The SMILES string of the molecule is [Br-].[Br-].[CH2-]CCCCCC#N.[CH2-]CCCCCCl.[Zn+2].[Zn+2]. The average molecular weight is 520 g/mol. The minimum Gasteiger partial charge on any atom is -1.00 e. The fraction of sp³-hybridized carbons (Fsp3) is 0.769. The normalized spacial score (nSPS) is 7.05. The second-order valence-corrected chi connectivity index (χ2v) is 3.80. The summed E-state index contributed by atoms with van der Waals surface area (Å²) >= 11 is 5.42. The van der Waals surface area contributed by atoms with Crippen LogP contribution in [0.25, 0.3) is 0 Å². The number of nitrogens with zero attached hydrogens (tertiary/aromatic N) is 1. The van der Waals surface area contributed by atoms with E-state index in [0.29, 0.717) is 6.42 Å². The van der Waals surface area contributed by atoms with Gasteiger partial charge in [0, 0.05) is 12.3 Å². The topological polar surface area (TPSA) is 23.8 Å². The van der Waals surface area contributed by atoms with Crippen LogP contribution in [0, 0.1) is 25.2 Å². The molecule has 0 amide bonds. The maximum absolute atomic E-state index is 8.10. The number of hydrogen-bond donors (Lipinski definition) is 0. The minimum absolute atomic E-state index is 0. The number of alkyl halides is 1. The van der Waals surface area contributed by atoms with Crippen molar-refractivity contribution in [2.75, 3.05) is 5.88 Å². The summed E-state index contributed by atoms with van der Waals surface area (Å²) < 4.78 is 0. The van der Waals surface area contributed by atoms with E-state index in [-0.39, 0.29) is 72.9 Å². The Hall–Kier alpha value is 1.99. The summed E-state index contributed by atoms with van der Waals surface area (Å²) in [4.78, 5) is 0. The number of halogens is 3. The van der Waals surface area contributed by atoms with E-state index in [4.69, 9.17) is 16.9 Å². The summed E-state index contributed by atoms with van der Waals surface area (Å²) in [5.41, 5.74) is 0. The van der Waals surface area contributed by atoms with Crippen LogP contribution in [-0.2, 0) is 39.0 Å². The van der Waals surface area contributed by atoms with Gasteiger partial charge in [0.25, 0.3) is 0 Å². The van der Waals surface area contributed by atoms with Crippen molar-refractivity contribution in [2.45, 2.75) is 57.8 Å². The first-order valence-electron chi connectivity index (χ1n) is 5.84. The fourth-order valence-electron chi connectivity index (χ4n) is 1.01. The van der Waals surface area contributed by atoms with Gasteiger partial charge in [0.15, 0.2) is 0 Å². The molecule has 0 rings (SSSR count). The van der Waals surface area contributed by atoms with E-state index < -0.39 is 0 Å². The van der Waals surface area contributed by atoms with Gasteiger partial charge in [-0.05, 0) is 12.8 Å². The van der Waals surface area contributed by atoms with Crippen molar-refractivity contribution >= 4 is 11.6 Å². The Morgan fingerprint density at radius 3 is 1.53 bits per heavy atom. The van der Waals surface area contributed by atoms with Crippen LogP contribution < -0.4 is 34.0 Å². The number of rotatable bonds is 8. The maximum atomic E-state index is 8.10. The molecule has 19 heavy (non-hydrogen) atoms. The van der Waals surface area contributed by atoms with Crippen molar-refractivity contribution in [1.29, 1.82) is 5.26 Å². The van der Waals surface area contributed by atoms with Gasteiger partial charge in [-0.25, -0.2) is 0 Å². The van der Waals surface area contributed by atoms with Crippen molar-refractivity contribution in [3.05, 3.63) is 13.8 Å². The monoisotopic (exact) mass is 515 g/mol. The first kappa shape index (κ1) is 37.3. The Labute approximate surface area is 172 Å². The Morgan fingerprint density at radius 1 is 0.789 bits per heavy atom. The molecule has 0 aliphatic heterocycles. The van der Waals surface area contributed by atoms with Crippen LogP contribution in [0.5, 0.6) is 0 Å². The van der Waals surface area contributed by atoms with Crippen molar-refractivity contribution in [2.24, 2.45) is 0 Å². The van der Waals surface area contributed by atoms with Gasteiger partial charge >= 0.3 is 39.0 Å². The molecule has 0 bridgehead atoms. The third-order valence-corrected chi connectivity index (χ3v) is 2.19. The van der Waals surface area contributed by atoms with Crippen LogP contribution in [0.4, 0.5) is 0 Å². The van der Waals surface area contributed by atoms with Gasteiger partial charge in [-0.2, -0.15) is 18.1 Å². The molecule has 0 heterocycles. The van der Waals surface area contributed by atoms with Crippen molar-refractivity contribution < 1.29 is 72.9 Å². The van der Waals surface area contributed by atoms with Gasteiger partial charge in [0.1, 0.15) is 0 Å². The third-order valence-electron chi connectivity index (χ3n) is 1.92. The van der Waals surface area contributed by atoms with Gasteiger partial charge in [0.2, 0.25) is 0 Å². The minimum atomic E-state index is 0. The molecule has 106 valence electrons. The van der Waals surface area contributed by atoms with E-state index in [0.717, 1.165) is 38.0 Å². The molecule has 0 aromatic rings. The first-order valence-corrected chi connectivity index (χ1v) is 6.38. The van der Waals surface area contributed by atoms with Crippen LogP contribution in [0.2, 0.25) is 0 Å². The molecule has 0 aromatic carbocycles. The molecule has 0 saturated heterocycles. The van der Waals surface area contributed by atoms with Crippen LogP contribution in [0.15, 0.2) is 0 Å². The van der Waals surface area contributed by atoms with Crippen LogP contribution in [-0.4, -0.2) is 5.88 Å². The molecule has 0 fully saturated rings. The molecule has 0 aliphatic rings. The zero-order valence-corrected chi connectivity index (χ0v) is 21.8. The van der Waals surface area contributed by atoms with Crippen molar-refractivity contribution in [3.8, 4) is 6.07 Å². The van der Waals surface area contributed by atoms with E-state index in [9.17, 15) is 0 Å². The van der Waals surface area contributed by atoms with Crippen LogP contribution in [0.1, 0.15) is 57.8 Å². The Bertz CT molecular complexity index is 143. The summed E-state index contributed by atoms with van der Waals surface area (Å²) in [5, 5.41) is 8.10. The van der Waals surface area contributed by atoms with E-state index in [1.54, 1.807) is 0 Å². The summed E-state index contributed by atoms with van der Waals surface area (Å²) in [6.45, 7) is 7.41. The second kappa shape index (κ2) is 42.7. The summed E-state index contributed by atoms with van der Waals surface area (Å²) in [6.07, 6.45) is 9.77. The smallest absolute Gasteiger partial charge is 1.00 e. The molecule has 1 nitrogen and oxygen atoms in total.